The Bertz CT molecular complexity index is 1290. The monoisotopic (exact) mass is 427 g/mol. The highest BCUT2D eigenvalue weighted by Crippen LogP contribution is 2.31. The smallest absolute Gasteiger partial charge is 0.238 e. The fourth-order valence-electron chi connectivity index (χ4n) is 3.07. The summed E-state index contributed by atoms with van der Waals surface area (Å²) in [4.78, 5) is 21.4. The summed E-state index contributed by atoms with van der Waals surface area (Å²) in [5, 5.41) is 17.2. The van der Waals surface area contributed by atoms with E-state index < -0.39 is 10.0 Å². The van der Waals surface area contributed by atoms with E-state index in [0.717, 1.165) is 10.4 Å². The predicted molar refractivity (Wildman–Crippen MR) is 112 cm³/mol. The minimum atomic E-state index is -3.74. The number of thiophene rings is 1. The van der Waals surface area contributed by atoms with Crippen molar-refractivity contribution in [2.75, 3.05) is 0 Å². The van der Waals surface area contributed by atoms with Crippen LogP contribution in [-0.2, 0) is 16.4 Å². The number of phenols is 1. The van der Waals surface area contributed by atoms with E-state index in [1.165, 1.54) is 29.5 Å². The number of rotatable bonds is 6. The number of primary sulfonamides is 1. The largest absolute Gasteiger partial charge is 0.506 e. The average molecular weight is 428 g/mol. The number of sulfonamides is 1. The third-order valence-electron chi connectivity index (χ3n) is 4.57. The Hall–Kier alpha value is -3.01. The van der Waals surface area contributed by atoms with Gasteiger partial charge in [-0.1, -0.05) is 18.2 Å². The molecule has 0 bridgehead atoms. The van der Waals surface area contributed by atoms with E-state index in [4.69, 9.17) is 5.14 Å². The summed E-state index contributed by atoms with van der Waals surface area (Å²) in [5.41, 5.74) is 2.11. The highest BCUT2D eigenvalue weighted by atomic mass is 32.2. The van der Waals surface area contributed by atoms with Crippen molar-refractivity contribution in [2.24, 2.45) is 5.14 Å². The molecule has 0 atom stereocenters. The number of aryl methyl sites for hydroxylation is 1. The molecule has 4 N–H and O–H groups in total. The molecule has 0 aliphatic carbocycles. The molecule has 29 heavy (non-hydrogen) atoms. The van der Waals surface area contributed by atoms with Crippen molar-refractivity contribution in [1.82, 2.24) is 9.97 Å². The first-order chi connectivity index (χ1) is 13.8. The van der Waals surface area contributed by atoms with E-state index in [-0.39, 0.29) is 22.8 Å². The second-order valence-electron chi connectivity index (χ2n) is 6.53. The average Bonchev–Trinajstić information content (AvgIpc) is 3.36. The lowest BCUT2D eigenvalue weighted by molar-refractivity contribution is 0.0984. The number of nitrogens with one attached hydrogen (secondary N) is 1. The number of nitrogens with two attached hydrogens (primary N) is 1. The normalized spacial score (nSPS) is 11.8. The summed E-state index contributed by atoms with van der Waals surface area (Å²) in [6, 6.07) is 13.0. The van der Waals surface area contributed by atoms with Gasteiger partial charge in [-0.15, -0.1) is 11.3 Å². The van der Waals surface area contributed by atoms with Crippen LogP contribution in [0.1, 0.15) is 22.3 Å². The Morgan fingerprint density at radius 2 is 1.90 bits per heavy atom. The second kappa shape index (κ2) is 7.43. The zero-order valence-electron chi connectivity index (χ0n) is 15.1. The fraction of sp³-hybridized carbons (Fsp3) is 0.100. The fourth-order valence-corrected chi connectivity index (χ4v) is 4.26. The Morgan fingerprint density at radius 1 is 1.14 bits per heavy atom. The highest BCUT2D eigenvalue weighted by molar-refractivity contribution is 7.89. The molecule has 0 saturated carbocycles. The number of fused-ring (bicyclic) bond motifs is 1. The minimum Gasteiger partial charge on any atom is -0.506 e. The number of carbonyl (C=O) groups excluding carboxylic acids is 1. The van der Waals surface area contributed by atoms with Crippen LogP contribution in [0, 0.1) is 0 Å². The molecular weight excluding hydrogens is 410 g/mol. The van der Waals surface area contributed by atoms with Crippen LogP contribution in [0.4, 0.5) is 0 Å². The molecule has 4 rings (SSSR count). The molecule has 4 aromatic rings. The number of carbonyl (C=O) groups is 1. The zero-order valence-corrected chi connectivity index (χ0v) is 16.8. The summed E-state index contributed by atoms with van der Waals surface area (Å²) in [5.74, 6) is 0.518. The summed E-state index contributed by atoms with van der Waals surface area (Å²) in [7, 11) is -3.74. The van der Waals surface area contributed by atoms with Gasteiger partial charge in [0.1, 0.15) is 22.6 Å². The van der Waals surface area contributed by atoms with Crippen molar-refractivity contribution >= 4 is 38.2 Å². The molecule has 148 valence electrons. The molecule has 7 nitrogen and oxygen atoms in total. The first-order valence-corrected chi connectivity index (χ1v) is 11.2. The van der Waals surface area contributed by atoms with Gasteiger partial charge in [0.2, 0.25) is 10.0 Å². The quantitative estimate of drug-likeness (QED) is 0.406. The van der Waals surface area contributed by atoms with Crippen LogP contribution < -0.4 is 5.14 Å². The standard InChI is InChI=1S/C20H17N3O4S2/c21-29(26,27)13-6-3-12(4-7-13)5-9-15(24)14-8-10-16(25)19-18(14)22-20(23-19)17-2-1-11-28-17/h1-4,6-8,10-11,25H,5,9H2,(H,22,23)(H2,21,26,27). The zero-order chi connectivity index (χ0) is 20.6. The van der Waals surface area contributed by atoms with E-state index >= 15 is 0 Å². The number of ketones is 1. The van der Waals surface area contributed by atoms with Crippen molar-refractivity contribution in [2.45, 2.75) is 17.7 Å². The van der Waals surface area contributed by atoms with Crippen molar-refractivity contribution in [3.05, 3.63) is 65.0 Å². The number of Topliss-reactive ketones (excluding diaryl/α,β-unsaturated/α-hetero) is 1. The van der Waals surface area contributed by atoms with Crippen LogP contribution in [0.2, 0.25) is 0 Å². The molecule has 2 aromatic carbocycles. The van der Waals surface area contributed by atoms with Gasteiger partial charge in [-0.3, -0.25) is 4.79 Å². The third-order valence-corrected chi connectivity index (χ3v) is 6.38. The Balaban J connectivity index is 1.58. The molecule has 0 radical (unpaired) electrons. The summed E-state index contributed by atoms with van der Waals surface area (Å²) in [6.07, 6.45) is 0.657. The van der Waals surface area contributed by atoms with Crippen LogP contribution in [0.15, 0.2) is 58.8 Å². The van der Waals surface area contributed by atoms with Gasteiger partial charge < -0.3 is 10.1 Å². The second-order valence-corrected chi connectivity index (χ2v) is 9.04. The van der Waals surface area contributed by atoms with Crippen molar-refractivity contribution in [3.8, 4) is 16.5 Å². The highest BCUT2D eigenvalue weighted by Gasteiger charge is 2.17. The SMILES string of the molecule is NS(=O)(=O)c1ccc(CCC(=O)c2ccc(O)c3[nH]c(-c4cccs4)nc23)cc1. The molecule has 9 heteroatoms. The van der Waals surface area contributed by atoms with Gasteiger partial charge in [0.05, 0.1) is 9.77 Å². The number of aromatic hydroxyl groups is 1. The molecule has 2 aromatic heterocycles. The molecule has 0 aliphatic heterocycles. The number of hydrogen-bond acceptors (Lipinski definition) is 6. The summed E-state index contributed by atoms with van der Waals surface area (Å²) >= 11 is 1.51. The predicted octanol–water partition coefficient (Wildman–Crippen LogP) is 3.46. The Kier molecular flexibility index (Phi) is 4.95. The Morgan fingerprint density at radius 3 is 2.55 bits per heavy atom. The number of aromatic amines is 1. The van der Waals surface area contributed by atoms with E-state index in [1.807, 2.05) is 17.5 Å². The van der Waals surface area contributed by atoms with Crippen molar-refractivity contribution in [1.29, 1.82) is 0 Å². The minimum absolute atomic E-state index is 0.0328. The number of H-pyrrole nitrogens is 1. The lowest BCUT2D eigenvalue weighted by Gasteiger charge is -2.05. The van der Waals surface area contributed by atoms with Crippen LogP contribution >= 0.6 is 11.3 Å². The van der Waals surface area contributed by atoms with Gasteiger partial charge in [0.15, 0.2) is 5.78 Å². The van der Waals surface area contributed by atoms with Crippen LogP contribution in [0.5, 0.6) is 5.75 Å². The molecule has 0 aliphatic rings. The maximum absolute atomic E-state index is 12.8. The van der Waals surface area contributed by atoms with E-state index in [9.17, 15) is 18.3 Å². The van der Waals surface area contributed by atoms with E-state index in [0.29, 0.717) is 28.8 Å². The molecule has 0 unspecified atom stereocenters. The summed E-state index contributed by atoms with van der Waals surface area (Å²) < 4.78 is 22.7. The Labute approximate surface area is 170 Å². The molecule has 0 amide bonds. The maximum atomic E-state index is 12.8. The van der Waals surface area contributed by atoms with Crippen LogP contribution in [0.3, 0.4) is 0 Å². The van der Waals surface area contributed by atoms with Crippen molar-refractivity contribution in [3.63, 3.8) is 0 Å². The van der Waals surface area contributed by atoms with Gasteiger partial charge in [-0.2, -0.15) is 0 Å². The number of benzene rings is 2. The molecule has 2 heterocycles. The molecular formula is C20H17N3O4S2. The molecule has 0 saturated heterocycles. The molecule has 0 fully saturated rings. The van der Waals surface area contributed by atoms with Gasteiger partial charge >= 0.3 is 0 Å². The summed E-state index contributed by atoms with van der Waals surface area (Å²) in [6.45, 7) is 0. The van der Waals surface area contributed by atoms with Gasteiger partial charge in [-0.05, 0) is 47.7 Å². The lowest BCUT2D eigenvalue weighted by atomic mass is 10.0. The van der Waals surface area contributed by atoms with Crippen LogP contribution in [-0.4, -0.2) is 29.3 Å². The first-order valence-electron chi connectivity index (χ1n) is 8.73. The van der Waals surface area contributed by atoms with Crippen molar-refractivity contribution < 1.29 is 18.3 Å². The number of phenolic OH excluding ortho intramolecular Hbond substituents is 1. The van der Waals surface area contributed by atoms with Gasteiger partial charge in [-0.25, -0.2) is 18.5 Å². The molecule has 0 spiro atoms. The van der Waals surface area contributed by atoms with E-state index in [2.05, 4.69) is 9.97 Å². The van der Waals surface area contributed by atoms with Gasteiger partial charge in [0, 0.05) is 12.0 Å². The first kappa shape index (κ1) is 19.3. The number of hydrogen-bond donors (Lipinski definition) is 3. The third kappa shape index (κ3) is 3.93. The maximum Gasteiger partial charge on any atom is 0.238 e. The van der Waals surface area contributed by atoms with Gasteiger partial charge in [0.25, 0.3) is 0 Å². The topological polar surface area (TPSA) is 126 Å². The lowest BCUT2D eigenvalue weighted by Crippen LogP contribution is -2.12. The number of nitrogens with zero attached hydrogens (tertiary/aromatic N) is 1. The van der Waals surface area contributed by atoms with E-state index in [1.54, 1.807) is 18.2 Å². The van der Waals surface area contributed by atoms with Crippen LogP contribution in [0.25, 0.3) is 21.7 Å². The number of aromatic nitrogens is 2. The number of imidazole rings is 1.